The number of hydrogen-bond acceptors (Lipinski definition) is 3. The lowest BCUT2D eigenvalue weighted by molar-refractivity contribution is 0.628. The molecule has 0 saturated carbocycles. The van der Waals surface area contributed by atoms with Gasteiger partial charge in [-0.05, 0) is 30.3 Å². The van der Waals surface area contributed by atoms with Crippen molar-refractivity contribution in [3.8, 4) is 22.6 Å². The van der Waals surface area contributed by atoms with Crippen LogP contribution < -0.4 is 0 Å². The van der Waals surface area contributed by atoms with E-state index in [2.05, 4.69) is 10.2 Å². The van der Waals surface area contributed by atoms with Gasteiger partial charge in [-0.15, -0.1) is 21.5 Å². The molecule has 9 heteroatoms. The van der Waals surface area contributed by atoms with Crippen LogP contribution in [0, 0.1) is 5.82 Å². The Morgan fingerprint density at radius 3 is 2.40 bits per heavy atom. The minimum atomic E-state index is -0.556. The average Bonchev–Trinajstić information content (AvgIpc) is 3.13. The molecule has 2 aromatic carbocycles. The summed E-state index contributed by atoms with van der Waals surface area (Å²) in [4.78, 5) is 0.627. The zero-order chi connectivity index (χ0) is 17.7. The summed E-state index contributed by atoms with van der Waals surface area (Å²) in [5, 5.41) is 11.4. The second-order valence-electron chi connectivity index (χ2n) is 5.13. The largest absolute Gasteiger partial charge is 0.265 e. The molecule has 2 aromatic heterocycles. The molecular formula is C16H6Cl4FN3S. The van der Waals surface area contributed by atoms with Crippen LogP contribution in [0.2, 0.25) is 20.1 Å². The highest BCUT2D eigenvalue weighted by atomic mass is 35.5. The van der Waals surface area contributed by atoms with Gasteiger partial charge < -0.3 is 0 Å². The average molecular weight is 433 g/mol. The SMILES string of the molecule is Fc1cc(-c2csc3nnc(-c4ccc(Cl)cc4Cl)n23)c(Cl)cc1Cl. The van der Waals surface area contributed by atoms with Crippen LogP contribution in [-0.4, -0.2) is 14.6 Å². The van der Waals surface area contributed by atoms with Gasteiger partial charge in [0.25, 0.3) is 0 Å². The number of fused-ring (bicyclic) bond motifs is 1. The molecular weight excluding hydrogens is 427 g/mol. The molecule has 2 heterocycles. The molecule has 0 bridgehead atoms. The predicted octanol–water partition coefficient (Wildman–Crippen LogP) is 6.88. The summed E-state index contributed by atoms with van der Waals surface area (Å²) < 4.78 is 15.7. The Balaban J connectivity index is 1.99. The van der Waals surface area contributed by atoms with E-state index in [9.17, 15) is 4.39 Å². The molecule has 4 rings (SSSR count). The molecule has 3 nitrogen and oxygen atoms in total. The Morgan fingerprint density at radius 1 is 0.880 bits per heavy atom. The maximum atomic E-state index is 13.9. The molecule has 4 aromatic rings. The number of rotatable bonds is 2. The van der Waals surface area contributed by atoms with Crippen molar-refractivity contribution in [3.05, 3.63) is 61.6 Å². The predicted molar refractivity (Wildman–Crippen MR) is 102 cm³/mol. The van der Waals surface area contributed by atoms with Gasteiger partial charge in [-0.1, -0.05) is 46.4 Å². The molecule has 126 valence electrons. The summed E-state index contributed by atoms with van der Waals surface area (Å²) in [5.74, 6) is -0.0427. The van der Waals surface area contributed by atoms with E-state index in [0.29, 0.717) is 42.7 Å². The summed E-state index contributed by atoms with van der Waals surface area (Å²) >= 11 is 25.7. The van der Waals surface area contributed by atoms with Gasteiger partial charge in [0.05, 0.1) is 20.8 Å². The molecule has 0 atom stereocenters. The van der Waals surface area contributed by atoms with Gasteiger partial charge in [0, 0.05) is 21.5 Å². The molecule has 0 N–H and O–H groups in total. The second kappa shape index (κ2) is 6.41. The summed E-state index contributed by atoms with van der Waals surface area (Å²) in [6.45, 7) is 0. The van der Waals surface area contributed by atoms with Crippen molar-refractivity contribution < 1.29 is 4.39 Å². The van der Waals surface area contributed by atoms with Crippen molar-refractivity contribution in [2.45, 2.75) is 0 Å². The molecule has 0 aliphatic heterocycles. The Bertz CT molecular complexity index is 1120. The summed E-state index contributed by atoms with van der Waals surface area (Å²) in [5.41, 5.74) is 1.79. The van der Waals surface area contributed by atoms with Gasteiger partial charge in [-0.2, -0.15) is 0 Å². The first-order valence-electron chi connectivity index (χ1n) is 6.88. The first-order chi connectivity index (χ1) is 12.0. The number of thiazole rings is 1. The topological polar surface area (TPSA) is 30.2 Å². The van der Waals surface area contributed by atoms with E-state index < -0.39 is 5.82 Å². The molecule has 0 saturated heterocycles. The normalized spacial score (nSPS) is 11.4. The summed E-state index contributed by atoms with van der Waals surface area (Å²) in [6.07, 6.45) is 0. The van der Waals surface area contributed by atoms with Crippen LogP contribution in [0.25, 0.3) is 27.6 Å². The fourth-order valence-corrected chi connectivity index (χ4v) is 4.27. The van der Waals surface area contributed by atoms with Crippen LogP contribution in [0.5, 0.6) is 0 Å². The van der Waals surface area contributed by atoms with Crippen molar-refractivity contribution >= 4 is 62.7 Å². The van der Waals surface area contributed by atoms with Gasteiger partial charge in [-0.3, -0.25) is 4.40 Å². The fraction of sp³-hybridized carbons (Fsp3) is 0. The molecule has 0 spiro atoms. The van der Waals surface area contributed by atoms with Crippen molar-refractivity contribution in [1.29, 1.82) is 0 Å². The van der Waals surface area contributed by atoms with Crippen LogP contribution >= 0.6 is 57.7 Å². The number of benzene rings is 2. The molecule has 0 aliphatic carbocycles. The Morgan fingerprint density at radius 2 is 1.64 bits per heavy atom. The van der Waals surface area contributed by atoms with E-state index in [1.807, 2.05) is 5.38 Å². The van der Waals surface area contributed by atoms with Crippen LogP contribution in [0.1, 0.15) is 0 Å². The van der Waals surface area contributed by atoms with E-state index in [4.69, 9.17) is 46.4 Å². The first kappa shape index (κ1) is 17.1. The zero-order valence-corrected chi connectivity index (χ0v) is 15.9. The lowest BCUT2D eigenvalue weighted by atomic mass is 10.1. The Labute approximate surface area is 165 Å². The maximum Gasteiger partial charge on any atom is 0.216 e. The summed E-state index contributed by atoms with van der Waals surface area (Å²) in [7, 11) is 0. The fourth-order valence-electron chi connectivity index (χ4n) is 2.47. The zero-order valence-electron chi connectivity index (χ0n) is 12.1. The van der Waals surface area contributed by atoms with E-state index in [0.717, 1.165) is 0 Å². The highest BCUT2D eigenvalue weighted by Crippen LogP contribution is 2.38. The first-order valence-corrected chi connectivity index (χ1v) is 9.28. The summed E-state index contributed by atoms with van der Waals surface area (Å²) in [6, 6.07) is 7.76. The van der Waals surface area contributed by atoms with Crippen LogP contribution in [0.3, 0.4) is 0 Å². The van der Waals surface area contributed by atoms with E-state index in [1.165, 1.54) is 23.5 Å². The van der Waals surface area contributed by atoms with Crippen molar-refractivity contribution in [2.75, 3.05) is 0 Å². The van der Waals surface area contributed by atoms with E-state index in [-0.39, 0.29) is 5.02 Å². The molecule has 0 aliphatic rings. The van der Waals surface area contributed by atoms with E-state index >= 15 is 0 Å². The molecule has 0 radical (unpaired) electrons. The number of halogens is 5. The van der Waals surface area contributed by atoms with Gasteiger partial charge in [0.1, 0.15) is 5.82 Å². The standard InChI is InChI=1S/C16H6Cl4FN3S/c17-7-1-2-8(10(18)3-7)15-22-23-16-24(15)14(6-25-16)9-4-13(21)12(20)5-11(9)19/h1-6H. The van der Waals surface area contributed by atoms with Gasteiger partial charge in [0.15, 0.2) is 5.82 Å². The Kier molecular flexibility index (Phi) is 4.38. The molecule has 0 fully saturated rings. The highest BCUT2D eigenvalue weighted by molar-refractivity contribution is 7.15. The molecule has 0 amide bonds. The quantitative estimate of drug-likeness (QED) is 0.323. The lowest BCUT2D eigenvalue weighted by Gasteiger charge is -2.08. The number of aromatic nitrogens is 3. The maximum absolute atomic E-state index is 13.9. The monoisotopic (exact) mass is 431 g/mol. The van der Waals surface area contributed by atoms with Crippen molar-refractivity contribution in [2.24, 2.45) is 0 Å². The number of hydrogen-bond donors (Lipinski definition) is 0. The lowest BCUT2D eigenvalue weighted by Crippen LogP contribution is -1.93. The van der Waals surface area contributed by atoms with Crippen LogP contribution in [-0.2, 0) is 0 Å². The van der Waals surface area contributed by atoms with Gasteiger partial charge >= 0.3 is 0 Å². The van der Waals surface area contributed by atoms with Crippen molar-refractivity contribution in [3.63, 3.8) is 0 Å². The third-order valence-electron chi connectivity index (χ3n) is 3.61. The van der Waals surface area contributed by atoms with Crippen LogP contribution in [0.4, 0.5) is 4.39 Å². The van der Waals surface area contributed by atoms with E-state index in [1.54, 1.807) is 22.6 Å². The Hall–Kier alpha value is -1.37. The third kappa shape index (κ3) is 2.90. The minimum Gasteiger partial charge on any atom is -0.265 e. The smallest absolute Gasteiger partial charge is 0.216 e. The van der Waals surface area contributed by atoms with Crippen LogP contribution in [0.15, 0.2) is 35.7 Å². The number of nitrogens with zero attached hydrogens (tertiary/aromatic N) is 3. The highest BCUT2D eigenvalue weighted by Gasteiger charge is 2.19. The molecule has 25 heavy (non-hydrogen) atoms. The molecule has 0 unspecified atom stereocenters. The third-order valence-corrected chi connectivity index (χ3v) is 5.57. The van der Waals surface area contributed by atoms with Gasteiger partial charge in [-0.25, -0.2) is 4.39 Å². The second-order valence-corrected chi connectivity index (χ2v) is 7.63. The van der Waals surface area contributed by atoms with Gasteiger partial charge in [0.2, 0.25) is 4.96 Å². The minimum absolute atomic E-state index is 0.0371. The van der Waals surface area contributed by atoms with Crippen molar-refractivity contribution in [1.82, 2.24) is 14.6 Å².